The van der Waals surface area contributed by atoms with Crippen LogP contribution in [0.3, 0.4) is 0 Å². The molecule has 0 aliphatic carbocycles. The largest absolute Gasteiger partial charge is 0.355 e. The van der Waals surface area contributed by atoms with E-state index in [1.54, 1.807) is 12.3 Å². The number of halogens is 1. The topological polar surface area (TPSA) is 52.8 Å². The first-order valence-corrected chi connectivity index (χ1v) is 9.61. The fourth-order valence-corrected chi connectivity index (χ4v) is 3.25. The van der Waals surface area contributed by atoms with Gasteiger partial charge in [0, 0.05) is 31.1 Å². The zero-order chi connectivity index (χ0) is 17.2. The van der Waals surface area contributed by atoms with Crippen molar-refractivity contribution in [3.05, 3.63) is 39.4 Å². The van der Waals surface area contributed by atoms with Gasteiger partial charge >= 0.3 is 0 Å². The summed E-state index contributed by atoms with van der Waals surface area (Å²) in [4.78, 5) is 10.8. The van der Waals surface area contributed by atoms with E-state index in [1.807, 2.05) is 5.38 Å². The lowest BCUT2D eigenvalue weighted by molar-refractivity contribution is 0.614. The Bertz CT molecular complexity index is 652. The lowest BCUT2D eigenvalue weighted by atomic mass is 10.1. The van der Waals surface area contributed by atoms with Gasteiger partial charge in [-0.15, -0.1) is 11.3 Å². The highest BCUT2D eigenvalue weighted by molar-refractivity contribution is 7.07. The van der Waals surface area contributed by atoms with Crippen LogP contribution >= 0.6 is 22.9 Å². The van der Waals surface area contributed by atoms with Crippen molar-refractivity contribution >= 4 is 28.8 Å². The summed E-state index contributed by atoms with van der Waals surface area (Å²) < 4.78 is 0. The van der Waals surface area contributed by atoms with Crippen LogP contribution in [0.1, 0.15) is 50.3 Å². The molecule has 0 saturated heterocycles. The maximum Gasteiger partial charge on any atom is 0.152 e. The lowest BCUT2D eigenvalue weighted by Crippen LogP contribution is -2.28. The maximum atomic E-state index is 9.39. The van der Waals surface area contributed by atoms with Gasteiger partial charge in [0.25, 0.3) is 0 Å². The highest BCUT2D eigenvalue weighted by atomic mass is 35.5. The smallest absolute Gasteiger partial charge is 0.152 e. The summed E-state index contributed by atoms with van der Waals surface area (Å²) in [5.74, 6) is 0.719. The monoisotopic (exact) mass is 361 g/mol. The van der Waals surface area contributed by atoms with Gasteiger partial charge in [-0.25, -0.2) is 9.97 Å². The number of hydrogen-bond donors (Lipinski definition) is 0. The summed E-state index contributed by atoms with van der Waals surface area (Å²) in [6, 6.07) is 3.90. The van der Waals surface area contributed by atoms with Gasteiger partial charge in [0.2, 0.25) is 0 Å². The van der Waals surface area contributed by atoms with Crippen molar-refractivity contribution in [2.45, 2.75) is 45.4 Å². The van der Waals surface area contributed by atoms with Gasteiger partial charge in [0.1, 0.15) is 11.9 Å². The molecule has 0 aromatic carbocycles. The molecule has 0 spiro atoms. The first-order valence-electron chi connectivity index (χ1n) is 8.35. The Morgan fingerprint density at radius 3 is 2.83 bits per heavy atom. The minimum atomic E-state index is 0.493. The van der Waals surface area contributed by atoms with Crippen LogP contribution in [0.4, 0.5) is 5.82 Å². The molecule has 24 heavy (non-hydrogen) atoms. The van der Waals surface area contributed by atoms with Crippen LogP contribution in [0.15, 0.2) is 17.6 Å². The van der Waals surface area contributed by atoms with Crippen LogP contribution in [0, 0.1) is 16.8 Å². The minimum Gasteiger partial charge on any atom is -0.355 e. The quantitative estimate of drug-likeness (QED) is 0.566. The van der Waals surface area contributed by atoms with Gasteiger partial charge in [0.05, 0.1) is 16.3 Å². The molecule has 2 rings (SSSR count). The van der Waals surface area contributed by atoms with Crippen LogP contribution in [0.25, 0.3) is 0 Å². The van der Waals surface area contributed by atoms with Crippen molar-refractivity contribution in [2.75, 3.05) is 18.0 Å². The molecule has 0 amide bonds. The molecule has 0 N–H and O–H groups in total. The third-order valence-electron chi connectivity index (χ3n) is 3.86. The first kappa shape index (κ1) is 18.7. The van der Waals surface area contributed by atoms with Crippen molar-refractivity contribution in [1.29, 1.82) is 5.26 Å². The molecule has 0 saturated carbocycles. The molecule has 6 heteroatoms. The molecule has 1 radical (unpaired) electrons. The fourth-order valence-electron chi connectivity index (χ4n) is 2.57. The van der Waals surface area contributed by atoms with Crippen molar-refractivity contribution in [1.82, 2.24) is 9.97 Å². The zero-order valence-electron chi connectivity index (χ0n) is 14.0. The predicted molar refractivity (Wildman–Crippen MR) is 99.6 cm³/mol. The third-order valence-corrected chi connectivity index (χ3v) is 4.65. The molecule has 0 fully saturated rings. The van der Waals surface area contributed by atoms with E-state index >= 15 is 0 Å². The number of unbranched alkanes of at least 4 members (excludes halogenated alkanes) is 4. The van der Waals surface area contributed by atoms with E-state index in [9.17, 15) is 5.26 Å². The number of nitriles is 1. The Hall–Kier alpha value is -1.64. The van der Waals surface area contributed by atoms with E-state index in [0.717, 1.165) is 37.4 Å². The van der Waals surface area contributed by atoms with Crippen LogP contribution in [0.2, 0.25) is 5.02 Å². The maximum absolute atomic E-state index is 9.39. The van der Waals surface area contributed by atoms with E-state index in [2.05, 4.69) is 33.4 Å². The molecule has 127 valence electrons. The first-order chi connectivity index (χ1) is 11.7. The van der Waals surface area contributed by atoms with Gasteiger partial charge in [0.15, 0.2) is 5.51 Å². The molecule has 4 nitrogen and oxygen atoms in total. The molecule has 0 bridgehead atoms. The van der Waals surface area contributed by atoms with Gasteiger partial charge in [-0.1, -0.05) is 44.2 Å². The van der Waals surface area contributed by atoms with Gasteiger partial charge < -0.3 is 4.90 Å². The van der Waals surface area contributed by atoms with Crippen molar-refractivity contribution in [3.8, 4) is 6.07 Å². The van der Waals surface area contributed by atoms with E-state index in [1.165, 1.54) is 37.0 Å². The van der Waals surface area contributed by atoms with Gasteiger partial charge in [-0.05, 0) is 12.5 Å². The minimum absolute atomic E-state index is 0.493. The van der Waals surface area contributed by atoms with Gasteiger partial charge in [-0.2, -0.15) is 5.26 Å². The average molecular weight is 362 g/mol. The number of hydrogen-bond acceptors (Lipinski definition) is 5. The third kappa shape index (κ3) is 5.77. The molecule has 0 aliphatic rings. The van der Waals surface area contributed by atoms with Crippen molar-refractivity contribution < 1.29 is 0 Å². The predicted octanol–water partition coefficient (Wildman–Crippen LogP) is 4.88. The Kier molecular flexibility index (Phi) is 8.00. The SMILES string of the molecule is CCCCCCCN(CCc1cs[c]n1)c1ncc(Cl)cc1C#N. The average Bonchev–Trinajstić information content (AvgIpc) is 3.11. The molecule has 2 aromatic heterocycles. The number of aromatic nitrogens is 2. The Morgan fingerprint density at radius 2 is 2.12 bits per heavy atom. The highest BCUT2D eigenvalue weighted by Crippen LogP contribution is 2.22. The summed E-state index contributed by atoms with van der Waals surface area (Å²) in [5.41, 5.74) is 4.44. The number of rotatable bonds is 10. The molecular formula is C18H22ClN4S. The van der Waals surface area contributed by atoms with Crippen molar-refractivity contribution in [2.24, 2.45) is 0 Å². The number of pyridine rings is 1. The molecule has 2 heterocycles. The summed E-state index contributed by atoms with van der Waals surface area (Å²) >= 11 is 7.46. The summed E-state index contributed by atoms with van der Waals surface area (Å²) in [6.45, 7) is 3.89. The molecule has 0 unspecified atom stereocenters. The Balaban J connectivity index is 2.05. The van der Waals surface area contributed by atoms with E-state index < -0.39 is 0 Å². The molecule has 0 aliphatic heterocycles. The summed E-state index contributed by atoms with van der Waals surface area (Å²) in [7, 11) is 0. The molecular weight excluding hydrogens is 340 g/mol. The number of nitrogens with zero attached hydrogens (tertiary/aromatic N) is 4. The van der Waals surface area contributed by atoms with E-state index in [-0.39, 0.29) is 0 Å². The van der Waals surface area contributed by atoms with E-state index in [4.69, 9.17) is 11.6 Å². The van der Waals surface area contributed by atoms with Crippen LogP contribution in [-0.2, 0) is 6.42 Å². The van der Waals surface area contributed by atoms with Crippen LogP contribution < -0.4 is 4.90 Å². The van der Waals surface area contributed by atoms with Crippen LogP contribution in [0.5, 0.6) is 0 Å². The van der Waals surface area contributed by atoms with Crippen molar-refractivity contribution in [3.63, 3.8) is 0 Å². The molecule has 2 aromatic rings. The summed E-state index contributed by atoms with van der Waals surface area (Å²) in [6.07, 6.45) is 8.49. The normalized spacial score (nSPS) is 10.5. The fraction of sp³-hybridized carbons (Fsp3) is 0.500. The number of thiazole rings is 1. The highest BCUT2D eigenvalue weighted by Gasteiger charge is 2.14. The van der Waals surface area contributed by atoms with E-state index in [0.29, 0.717) is 10.6 Å². The Labute approximate surface area is 153 Å². The lowest BCUT2D eigenvalue weighted by Gasteiger charge is -2.24. The second-order valence-electron chi connectivity index (χ2n) is 5.72. The second kappa shape index (κ2) is 10.3. The number of anilines is 1. The second-order valence-corrected chi connectivity index (χ2v) is 6.81. The Morgan fingerprint density at radius 1 is 1.29 bits per heavy atom. The summed E-state index contributed by atoms with van der Waals surface area (Å²) in [5, 5.41) is 11.9. The van der Waals surface area contributed by atoms with Crippen LogP contribution in [-0.4, -0.2) is 23.1 Å². The zero-order valence-corrected chi connectivity index (χ0v) is 15.5. The standard InChI is InChI=1S/C18H22ClN4S/c1-2-3-4-5-6-8-23(9-7-17-13-24-14-22-17)18-15(11-20)10-16(19)12-21-18/h10,12-13H,2-9H2,1H3. The van der Waals surface area contributed by atoms with Gasteiger partial charge in [-0.3, -0.25) is 0 Å². The molecule has 0 atom stereocenters.